The molecule has 0 atom stereocenters. The number of likely N-dealkylation sites (tertiary alicyclic amines) is 1. The highest BCUT2D eigenvalue weighted by molar-refractivity contribution is 5.96. The van der Waals surface area contributed by atoms with E-state index in [1.54, 1.807) is 4.90 Å². The molecule has 1 aromatic heterocycles. The number of hydrogen-bond acceptors (Lipinski definition) is 6. The number of anilines is 1. The highest BCUT2D eigenvalue weighted by atomic mass is 16.6. The van der Waals surface area contributed by atoms with Crippen molar-refractivity contribution < 1.29 is 14.2 Å². The minimum absolute atomic E-state index is 0.0102. The fourth-order valence-electron chi connectivity index (χ4n) is 2.71. The van der Waals surface area contributed by atoms with Gasteiger partial charge in [0, 0.05) is 32.2 Å². The average molecular weight is 280 g/mol. The number of carbonyl (C=O) groups excluding carboxylic acids is 2. The zero-order valence-electron chi connectivity index (χ0n) is 10.9. The molecule has 2 fully saturated rings. The molecule has 2 saturated heterocycles. The van der Waals surface area contributed by atoms with E-state index in [0.717, 1.165) is 19.4 Å². The van der Waals surface area contributed by atoms with Crippen molar-refractivity contribution in [2.24, 2.45) is 0 Å². The molecule has 0 spiro atoms. The summed E-state index contributed by atoms with van der Waals surface area (Å²) in [5.74, 6) is -0.260. The summed E-state index contributed by atoms with van der Waals surface area (Å²) in [7, 11) is 0. The summed E-state index contributed by atoms with van der Waals surface area (Å²) < 4.78 is 4.44. The van der Waals surface area contributed by atoms with Gasteiger partial charge in [0.05, 0.1) is 0 Å². The van der Waals surface area contributed by atoms with Gasteiger partial charge in [0.15, 0.2) is 0 Å². The van der Waals surface area contributed by atoms with Gasteiger partial charge >= 0.3 is 6.03 Å². The van der Waals surface area contributed by atoms with Crippen LogP contribution in [0.1, 0.15) is 23.3 Å². The summed E-state index contributed by atoms with van der Waals surface area (Å²) in [6, 6.07) is 0.175. The maximum absolute atomic E-state index is 12.2. The van der Waals surface area contributed by atoms with Gasteiger partial charge in [-0.3, -0.25) is 4.79 Å². The molecule has 3 amide bonds. The van der Waals surface area contributed by atoms with Crippen molar-refractivity contribution in [1.29, 1.82) is 0 Å². The maximum Gasteiger partial charge on any atom is 0.317 e. The first kappa shape index (κ1) is 12.7. The van der Waals surface area contributed by atoms with E-state index in [-0.39, 0.29) is 29.5 Å². The van der Waals surface area contributed by atoms with E-state index < -0.39 is 0 Å². The number of urea groups is 1. The second kappa shape index (κ2) is 4.99. The Morgan fingerprint density at radius 1 is 1.30 bits per heavy atom. The SMILES string of the molecule is Nc1nonc1C(=O)N1CCC(N2CCNC2=O)CC1. The van der Waals surface area contributed by atoms with Crippen LogP contribution in [0.15, 0.2) is 4.63 Å². The molecule has 9 nitrogen and oxygen atoms in total. The lowest BCUT2D eigenvalue weighted by Crippen LogP contribution is -2.47. The van der Waals surface area contributed by atoms with Crippen molar-refractivity contribution in [3.63, 3.8) is 0 Å². The highest BCUT2D eigenvalue weighted by Gasteiger charge is 2.33. The topological polar surface area (TPSA) is 118 Å². The third-order valence-corrected chi connectivity index (χ3v) is 3.80. The number of nitrogens with one attached hydrogen (secondary N) is 1. The van der Waals surface area contributed by atoms with E-state index >= 15 is 0 Å². The smallest absolute Gasteiger partial charge is 0.317 e. The monoisotopic (exact) mass is 280 g/mol. The van der Waals surface area contributed by atoms with Crippen molar-refractivity contribution in [3.05, 3.63) is 5.69 Å². The fraction of sp³-hybridized carbons (Fsp3) is 0.636. The van der Waals surface area contributed by atoms with Crippen LogP contribution in [0.2, 0.25) is 0 Å². The maximum atomic E-state index is 12.2. The van der Waals surface area contributed by atoms with Crippen LogP contribution < -0.4 is 11.1 Å². The summed E-state index contributed by atoms with van der Waals surface area (Å²) in [5.41, 5.74) is 5.57. The van der Waals surface area contributed by atoms with Gasteiger partial charge in [-0.1, -0.05) is 0 Å². The van der Waals surface area contributed by atoms with Gasteiger partial charge in [-0.2, -0.15) is 0 Å². The predicted octanol–water partition coefficient (Wildman–Crippen LogP) is -0.718. The number of piperidine rings is 1. The summed E-state index contributed by atoms with van der Waals surface area (Å²) in [6.45, 7) is 2.57. The van der Waals surface area contributed by atoms with E-state index in [1.807, 2.05) is 4.90 Å². The van der Waals surface area contributed by atoms with E-state index in [2.05, 4.69) is 20.3 Å². The molecule has 1 aromatic rings. The van der Waals surface area contributed by atoms with Crippen LogP contribution in [0.4, 0.5) is 10.6 Å². The van der Waals surface area contributed by atoms with Crippen LogP contribution in [0.3, 0.4) is 0 Å². The second-order valence-electron chi connectivity index (χ2n) is 4.95. The van der Waals surface area contributed by atoms with Crippen LogP contribution in [0.25, 0.3) is 0 Å². The molecule has 3 heterocycles. The van der Waals surface area contributed by atoms with E-state index in [0.29, 0.717) is 19.6 Å². The molecule has 0 aliphatic carbocycles. The molecule has 108 valence electrons. The van der Waals surface area contributed by atoms with Gasteiger partial charge in [-0.15, -0.1) is 0 Å². The number of nitrogens with zero attached hydrogens (tertiary/aromatic N) is 4. The number of nitrogen functional groups attached to an aromatic ring is 1. The van der Waals surface area contributed by atoms with Gasteiger partial charge in [-0.05, 0) is 23.2 Å². The van der Waals surface area contributed by atoms with Crippen LogP contribution in [-0.2, 0) is 0 Å². The Hall–Kier alpha value is -2.32. The Bertz CT molecular complexity index is 522. The third-order valence-electron chi connectivity index (χ3n) is 3.80. The normalized spacial score (nSPS) is 20.3. The van der Waals surface area contributed by atoms with Crippen molar-refractivity contribution in [3.8, 4) is 0 Å². The van der Waals surface area contributed by atoms with E-state index in [9.17, 15) is 9.59 Å². The number of aromatic nitrogens is 2. The molecule has 0 aromatic carbocycles. The number of rotatable bonds is 2. The summed E-state index contributed by atoms with van der Waals surface area (Å²) in [6.07, 6.45) is 1.51. The quantitative estimate of drug-likeness (QED) is 0.738. The van der Waals surface area contributed by atoms with Gasteiger partial charge in [0.2, 0.25) is 11.5 Å². The van der Waals surface area contributed by atoms with Gasteiger partial charge in [0.1, 0.15) is 0 Å². The Morgan fingerprint density at radius 2 is 2.05 bits per heavy atom. The minimum Gasteiger partial charge on any atom is -0.379 e. The number of amides is 3. The lowest BCUT2D eigenvalue weighted by Gasteiger charge is -2.35. The van der Waals surface area contributed by atoms with Crippen molar-refractivity contribution in [1.82, 2.24) is 25.4 Å². The minimum atomic E-state index is -0.270. The highest BCUT2D eigenvalue weighted by Crippen LogP contribution is 2.20. The Balaban J connectivity index is 1.60. The van der Waals surface area contributed by atoms with Gasteiger partial charge in [0.25, 0.3) is 5.91 Å². The third kappa shape index (κ3) is 2.15. The Labute approximate surface area is 115 Å². The van der Waals surface area contributed by atoms with Crippen LogP contribution >= 0.6 is 0 Å². The largest absolute Gasteiger partial charge is 0.379 e. The van der Waals surface area contributed by atoms with Crippen LogP contribution in [0.5, 0.6) is 0 Å². The first-order valence-electron chi connectivity index (χ1n) is 6.58. The lowest BCUT2D eigenvalue weighted by atomic mass is 10.0. The van der Waals surface area contributed by atoms with Crippen LogP contribution in [-0.4, -0.2) is 64.3 Å². The summed E-state index contributed by atoms with van der Waals surface area (Å²) in [5, 5.41) is 9.72. The van der Waals surface area contributed by atoms with E-state index in [4.69, 9.17) is 5.73 Å². The first-order chi connectivity index (χ1) is 9.66. The Morgan fingerprint density at radius 3 is 2.60 bits per heavy atom. The number of nitrogens with two attached hydrogens (primary N) is 1. The molecular formula is C11H16N6O3. The second-order valence-corrected chi connectivity index (χ2v) is 4.95. The van der Waals surface area contributed by atoms with Crippen molar-refractivity contribution in [2.45, 2.75) is 18.9 Å². The predicted molar refractivity (Wildman–Crippen MR) is 67.7 cm³/mol. The zero-order valence-corrected chi connectivity index (χ0v) is 10.9. The molecule has 20 heavy (non-hydrogen) atoms. The zero-order chi connectivity index (χ0) is 14.1. The Kier molecular flexibility index (Phi) is 3.17. The molecule has 0 unspecified atom stereocenters. The molecule has 0 radical (unpaired) electrons. The van der Waals surface area contributed by atoms with Crippen molar-refractivity contribution in [2.75, 3.05) is 31.9 Å². The summed E-state index contributed by atoms with van der Waals surface area (Å²) in [4.78, 5) is 27.3. The first-order valence-corrected chi connectivity index (χ1v) is 6.58. The van der Waals surface area contributed by atoms with Gasteiger partial charge in [-0.25, -0.2) is 9.42 Å². The standard InChI is InChI=1S/C11H16N6O3/c12-9-8(14-20-15-9)10(18)16-4-1-7(2-5-16)17-6-3-13-11(17)19/h7H,1-6H2,(H2,12,15)(H,13,19). The molecule has 0 saturated carbocycles. The van der Waals surface area contributed by atoms with Crippen molar-refractivity contribution >= 4 is 17.8 Å². The molecular weight excluding hydrogens is 264 g/mol. The fourth-order valence-corrected chi connectivity index (χ4v) is 2.71. The van der Waals surface area contributed by atoms with Crippen LogP contribution in [0, 0.1) is 0 Å². The number of hydrogen-bond donors (Lipinski definition) is 2. The van der Waals surface area contributed by atoms with Gasteiger partial charge < -0.3 is 20.9 Å². The molecule has 0 bridgehead atoms. The molecule has 9 heteroatoms. The molecule has 3 N–H and O–H groups in total. The molecule has 2 aliphatic heterocycles. The lowest BCUT2D eigenvalue weighted by molar-refractivity contribution is 0.0656. The molecule has 3 rings (SSSR count). The van der Waals surface area contributed by atoms with E-state index in [1.165, 1.54) is 0 Å². The average Bonchev–Trinajstić information content (AvgIpc) is 3.07. The summed E-state index contributed by atoms with van der Waals surface area (Å²) >= 11 is 0. The molecule has 2 aliphatic rings. The number of carbonyl (C=O) groups is 2.